The molecule has 0 aliphatic carbocycles. The molecule has 0 bridgehead atoms. The molecule has 0 radical (unpaired) electrons. The quantitative estimate of drug-likeness (QED) is 0.336. The zero-order chi connectivity index (χ0) is 21.8. The van der Waals surface area contributed by atoms with E-state index in [1.54, 1.807) is 20.1 Å². The Balaban J connectivity index is 2.24. The lowest BCUT2D eigenvalue weighted by Crippen LogP contribution is -2.42. The van der Waals surface area contributed by atoms with Crippen LogP contribution in [0.25, 0.3) is 0 Å². The first-order chi connectivity index (χ1) is 14.3. The Labute approximate surface area is 181 Å². The third kappa shape index (κ3) is 4.38. The summed E-state index contributed by atoms with van der Waals surface area (Å²) in [6, 6.07) is 12.3. The number of carbonyl (C=O) groups excluding carboxylic acids is 1. The number of nitrogens with zero attached hydrogens (tertiary/aromatic N) is 2. The van der Waals surface area contributed by atoms with Crippen molar-refractivity contribution in [2.75, 3.05) is 18.6 Å². The second kappa shape index (κ2) is 9.13. The Morgan fingerprint density at radius 1 is 1.27 bits per heavy atom. The third-order valence-corrected chi connectivity index (χ3v) is 5.07. The van der Waals surface area contributed by atoms with Gasteiger partial charge < -0.3 is 10.1 Å². The van der Waals surface area contributed by atoms with E-state index in [2.05, 4.69) is 17.9 Å². The minimum absolute atomic E-state index is 0.0235. The molecule has 1 aliphatic heterocycles. The van der Waals surface area contributed by atoms with Crippen LogP contribution in [-0.2, 0) is 4.79 Å². The number of hydrogen-bond acceptors (Lipinski definition) is 6. The van der Waals surface area contributed by atoms with Gasteiger partial charge in [-0.3, -0.25) is 25.5 Å². The molecule has 0 saturated carbocycles. The third-order valence-electron chi connectivity index (χ3n) is 4.77. The molecule has 0 spiro atoms. The first-order valence-corrected chi connectivity index (χ1v) is 10.1. The van der Waals surface area contributed by atoms with Crippen LogP contribution in [0.15, 0.2) is 52.4 Å². The molecule has 1 heterocycles. The van der Waals surface area contributed by atoms with Crippen molar-refractivity contribution >= 4 is 41.6 Å². The molecule has 3 N–H and O–H groups in total. The Morgan fingerprint density at radius 3 is 2.57 bits per heavy atom. The summed E-state index contributed by atoms with van der Waals surface area (Å²) in [7, 11) is 1.59. The highest BCUT2D eigenvalue weighted by atomic mass is 32.1. The summed E-state index contributed by atoms with van der Waals surface area (Å²) in [4.78, 5) is 19.5. The molecule has 1 atom stereocenters. The molecule has 0 fully saturated rings. The fourth-order valence-corrected chi connectivity index (χ4v) is 3.54. The van der Waals surface area contributed by atoms with E-state index in [1.807, 2.05) is 43.3 Å². The number of benzene rings is 2. The highest BCUT2D eigenvalue weighted by molar-refractivity contribution is 7.80. The molecular formula is C22H25N5O2S. The summed E-state index contributed by atoms with van der Waals surface area (Å²) in [6.07, 6.45) is 0.0235. The summed E-state index contributed by atoms with van der Waals surface area (Å²) in [5.74, 6) is 0.714. The average molecular weight is 424 g/mol. The smallest absolute Gasteiger partial charge is 0.222 e. The van der Waals surface area contributed by atoms with Crippen LogP contribution in [0.5, 0.6) is 5.75 Å². The van der Waals surface area contributed by atoms with E-state index in [-0.39, 0.29) is 24.0 Å². The number of thiol groups is 1. The predicted octanol–water partition coefficient (Wildman–Crippen LogP) is 3.51. The lowest BCUT2D eigenvalue weighted by Gasteiger charge is -2.26. The number of fused-ring (bicyclic) bond motifs is 1. The zero-order valence-corrected chi connectivity index (χ0v) is 18.1. The van der Waals surface area contributed by atoms with Crippen LogP contribution in [0.4, 0.5) is 5.69 Å². The number of anilines is 1. The van der Waals surface area contributed by atoms with Gasteiger partial charge in [-0.2, -0.15) is 0 Å². The van der Waals surface area contributed by atoms with Crippen LogP contribution in [0.1, 0.15) is 31.4 Å². The minimum Gasteiger partial charge on any atom is -0.497 e. The summed E-state index contributed by atoms with van der Waals surface area (Å²) >= 11 is 4.36. The second-order valence-corrected chi connectivity index (χ2v) is 7.40. The fourth-order valence-electron chi connectivity index (χ4n) is 3.39. The molecule has 1 amide bonds. The van der Waals surface area contributed by atoms with Gasteiger partial charge in [0.1, 0.15) is 23.5 Å². The topological polar surface area (TPSA) is 102 Å². The van der Waals surface area contributed by atoms with Crippen LogP contribution < -0.4 is 15.0 Å². The van der Waals surface area contributed by atoms with Crippen LogP contribution in [0.3, 0.4) is 0 Å². The number of amides is 1. The largest absolute Gasteiger partial charge is 0.497 e. The van der Waals surface area contributed by atoms with Crippen molar-refractivity contribution < 1.29 is 9.53 Å². The van der Waals surface area contributed by atoms with Crippen LogP contribution in [0.2, 0.25) is 0 Å². The summed E-state index contributed by atoms with van der Waals surface area (Å²) in [5, 5.41) is 19.8. The summed E-state index contributed by atoms with van der Waals surface area (Å²) < 4.78 is 5.41. The Bertz CT molecular complexity index is 1020. The number of rotatable bonds is 5. The van der Waals surface area contributed by atoms with E-state index in [0.717, 1.165) is 16.0 Å². The Morgan fingerprint density at radius 2 is 1.97 bits per heavy atom. The standard InChI is InChI=1S/C22H25N5O2S/c1-4-25-20(28)12-18-22(24)27(13(2)23)19-10-7-15(29-3)11-17(19)21(26-18)14-5-8-16(30)9-6-14/h5-11,18,23-24,30H,4,12H2,1-3H3,(H,25,28)/t18-/m0/s1. The highest BCUT2D eigenvalue weighted by Gasteiger charge is 2.32. The molecule has 7 nitrogen and oxygen atoms in total. The number of nitrogens with one attached hydrogen (secondary N) is 3. The van der Waals surface area contributed by atoms with Gasteiger partial charge in [-0.1, -0.05) is 12.1 Å². The first-order valence-electron chi connectivity index (χ1n) is 9.61. The number of methoxy groups -OCH3 is 1. The lowest BCUT2D eigenvalue weighted by atomic mass is 9.99. The van der Waals surface area contributed by atoms with Crippen molar-refractivity contribution in [2.24, 2.45) is 4.99 Å². The zero-order valence-electron chi connectivity index (χ0n) is 17.2. The lowest BCUT2D eigenvalue weighted by molar-refractivity contribution is -0.121. The molecule has 0 aromatic heterocycles. The normalized spacial score (nSPS) is 15.7. The molecule has 0 saturated heterocycles. The van der Waals surface area contributed by atoms with Crippen molar-refractivity contribution in [3.63, 3.8) is 0 Å². The van der Waals surface area contributed by atoms with E-state index in [9.17, 15) is 4.79 Å². The first kappa shape index (κ1) is 21.6. The molecule has 30 heavy (non-hydrogen) atoms. The molecule has 2 aromatic rings. The van der Waals surface area contributed by atoms with Crippen molar-refractivity contribution in [1.82, 2.24) is 5.32 Å². The van der Waals surface area contributed by atoms with Gasteiger partial charge in [0.25, 0.3) is 0 Å². The van der Waals surface area contributed by atoms with Crippen LogP contribution in [0, 0.1) is 10.8 Å². The van der Waals surface area contributed by atoms with Gasteiger partial charge in [-0.15, -0.1) is 12.6 Å². The maximum Gasteiger partial charge on any atom is 0.222 e. The number of amidine groups is 2. The average Bonchev–Trinajstić information content (AvgIpc) is 2.83. The van der Waals surface area contributed by atoms with Gasteiger partial charge in [-0.25, -0.2) is 0 Å². The highest BCUT2D eigenvalue weighted by Crippen LogP contribution is 2.32. The van der Waals surface area contributed by atoms with E-state index in [0.29, 0.717) is 23.7 Å². The monoisotopic (exact) mass is 423 g/mol. The van der Waals surface area contributed by atoms with Crippen molar-refractivity contribution in [3.8, 4) is 5.75 Å². The van der Waals surface area contributed by atoms with E-state index in [4.69, 9.17) is 20.5 Å². The molecule has 0 unspecified atom stereocenters. The van der Waals surface area contributed by atoms with Crippen LogP contribution >= 0.6 is 12.6 Å². The Kier molecular flexibility index (Phi) is 6.56. The molecule has 3 rings (SSSR count). The number of carbonyl (C=O) groups is 1. The summed E-state index contributed by atoms with van der Waals surface area (Å²) in [5.41, 5.74) is 2.86. The predicted molar refractivity (Wildman–Crippen MR) is 123 cm³/mol. The number of aliphatic imine (C=N–C) groups is 1. The van der Waals surface area contributed by atoms with Gasteiger partial charge >= 0.3 is 0 Å². The Hall–Kier alpha value is -3.13. The molecule has 2 aromatic carbocycles. The van der Waals surface area contributed by atoms with Crippen LogP contribution in [-0.4, -0.2) is 43.0 Å². The number of ether oxygens (including phenoxy) is 1. The van der Waals surface area contributed by atoms with E-state index < -0.39 is 6.04 Å². The fraction of sp³-hybridized carbons (Fsp3) is 0.273. The van der Waals surface area contributed by atoms with Gasteiger partial charge in [0.2, 0.25) is 5.91 Å². The SMILES string of the molecule is CCNC(=O)C[C@@H]1N=C(c2ccc(S)cc2)c2cc(OC)ccc2N(C(C)=N)C1=N. The second-order valence-electron chi connectivity index (χ2n) is 6.89. The molecule has 1 aliphatic rings. The van der Waals surface area contributed by atoms with Gasteiger partial charge in [0.15, 0.2) is 0 Å². The van der Waals surface area contributed by atoms with Gasteiger partial charge in [-0.05, 0) is 44.2 Å². The van der Waals surface area contributed by atoms with E-state index in [1.165, 1.54) is 4.90 Å². The van der Waals surface area contributed by atoms with Gasteiger partial charge in [0, 0.05) is 22.6 Å². The number of hydrogen-bond donors (Lipinski definition) is 4. The molecule has 156 valence electrons. The maximum absolute atomic E-state index is 12.3. The molecule has 8 heteroatoms. The maximum atomic E-state index is 12.3. The number of benzodiazepines with no additional fused rings is 1. The summed E-state index contributed by atoms with van der Waals surface area (Å²) in [6.45, 7) is 3.97. The van der Waals surface area contributed by atoms with Gasteiger partial charge in [0.05, 0.1) is 24.9 Å². The van der Waals surface area contributed by atoms with E-state index >= 15 is 0 Å². The molecular weight excluding hydrogens is 398 g/mol. The van der Waals surface area contributed by atoms with Crippen molar-refractivity contribution in [2.45, 2.75) is 31.2 Å². The van der Waals surface area contributed by atoms with Crippen molar-refractivity contribution in [3.05, 3.63) is 53.6 Å². The van der Waals surface area contributed by atoms with Crippen molar-refractivity contribution in [1.29, 1.82) is 10.8 Å². The minimum atomic E-state index is -0.735.